The number of aromatic nitrogens is 1. The zero-order valence-corrected chi connectivity index (χ0v) is 14.7. The van der Waals surface area contributed by atoms with Gasteiger partial charge in [0.25, 0.3) is 5.91 Å². The first-order chi connectivity index (χ1) is 11.0. The SMILES string of the molecule is CSc1ncccc1C(=O)OCC(=O)N[C@@H]1CCC[C@@H](C)[C@H]1C. The molecule has 0 unspecified atom stereocenters. The molecule has 1 saturated carbocycles. The Hall–Kier alpha value is -1.56. The van der Waals surface area contributed by atoms with Gasteiger partial charge in [-0.3, -0.25) is 4.79 Å². The molecule has 6 heteroatoms. The van der Waals surface area contributed by atoms with E-state index < -0.39 is 5.97 Å². The first-order valence-corrected chi connectivity index (χ1v) is 9.21. The van der Waals surface area contributed by atoms with Gasteiger partial charge in [0.15, 0.2) is 6.61 Å². The van der Waals surface area contributed by atoms with Crippen LogP contribution in [0.25, 0.3) is 0 Å². The van der Waals surface area contributed by atoms with Gasteiger partial charge in [0.05, 0.1) is 5.56 Å². The summed E-state index contributed by atoms with van der Waals surface area (Å²) in [5.41, 5.74) is 0.396. The predicted octanol–water partition coefficient (Wildman–Crippen LogP) is 2.90. The Labute approximate surface area is 141 Å². The van der Waals surface area contributed by atoms with Crippen LogP contribution in [-0.2, 0) is 9.53 Å². The van der Waals surface area contributed by atoms with Crippen LogP contribution in [0.3, 0.4) is 0 Å². The summed E-state index contributed by atoms with van der Waals surface area (Å²) in [4.78, 5) is 28.2. The molecule has 0 aromatic carbocycles. The van der Waals surface area contributed by atoms with Crippen molar-refractivity contribution < 1.29 is 14.3 Å². The smallest absolute Gasteiger partial charge is 0.341 e. The van der Waals surface area contributed by atoms with Gasteiger partial charge in [0.2, 0.25) is 0 Å². The van der Waals surface area contributed by atoms with Crippen molar-refractivity contribution in [3.8, 4) is 0 Å². The second-order valence-corrected chi connectivity index (χ2v) is 6.87. The van der Waals surface area contributed by atoms with E-state index >= 15 is 0 Å². The molecule has 0 aliphatic heterocycles. The molecular weight excluding hydrogens is 312 g/mol. The Morgan fingerprint density at radius 1 is 1.39 bits per heavy atom. The molecule has 1 N–H and O–H groups in total. The normalized spacial score (nSPS) is 24.0. The second-order valence-electron chi connectivity index (χ2n) is 6.08. The van der Waals surface area contributed by atoms with E-state index in [2.05, 4.69) is 24.1 Å². The number of thioether (sulfide) groups is 1. The topological polar surface area (TPSA) is 68.3 Å². The Kier molecular flexibility index (Phi) is 6.45. The highest BCUT2D eigenvalue weighted by atomic mass is 32.2. The lowest BCUT2D eigenvalue weighted by molar-refractivity contribution is -0.125. The van der Waals surface area contributed by atoms with Crippen molar-refractivity contribution in [1.29, 1.82) is 0 Å². The quantitative estimate of drug-likeness (QED) is 0.661. The minimum Gasteiger partial charge on any atom is -0.452 e. The van der Waals surface area contributed by atoms with Gasteiger partial charge in [-0.2, -0.15) is 0 Å². The average molecular weight is 336 g/mol. The van der Waals surface area contributed by atoms with Gasteiger partial charge in [0, 0.05) is 12.2 Å². The molecule has 1 amide bonds. The van der Waals surface area contributed by atoms with E-state index in [0.29, 0.717) is 22.4 Å². The lowest BCUT2D eigenvalue weighted by Crippen LogP contribution is -2.45. The van der Waals surface area contributed by atoms with Crippen molar-refractivity contribution in [2.24, 2.45) is 11.8 Å². The van der Waals surface area contributed by atoms with Crippen LogP contribution in [0.4, 0.5) is 0 Å². The van der Waals surface area contributed by atoms with Crippen molar-refractivity contribution in [3.05, 3.63) is 23.9 Å². The molecule has 0 saturated heterocycles. The predicted molar refractivity (Wildman–Crippen MR) is 90.4 cm³/mol. The van der Waals surface area contributed by atoms with Crippen molar-refractivity contribution >= 4 is 23.6 Å². The van der Waals surface area contributed by atoms with Gasteiger partial charge in [-0.15, -0.1) is 11.8 Å². The first kappa shape index (κ1) is 17.8. The minimum absolute atomic E-state index is 0.171. The molecule has 0 bridgehead atoms. The van der Waals surface area contributed by atoms with E-state index in [1.807, 2.05) is 6.26 Å². The number of carbonyl (C=O) groups excluding carboxylic acids is 2. The number of hydrogen-bond acceptors (Lipinski definition) is 5. The summed E-state index contributed by atoms with van der Waals surface area (Å²) in [6.07, 6.45) is 6.80. The minimum atomic E-state index is -0.511. The maximum atomic E-state index is 12.1. The van der Waals surface area contributed by atoms with Crippen LogP contribution in [0.5, 0.6) is 0 Å². The average Bonchev–Trinajstić information content (AvgIpc) is 2.56. The number of rotatable bonds is 5. The molecular formula is C17H24N2O3S. The third-order valence-corrected chi connectivity index (χ3v) is 5.28. The fraction of sp³-hybridized carbons (Fsp3) is 0.588. The van der Waals surface area contributed by atoms with Gasteiger partial charge in [-0.25, -0.2) is 9.78 Å². The largest absolute Gasteiger partial charge is 0.452 e. The fourth-order valence-electron chi connectivity index (χ4n) is 2.95. The van der Waals surface area contributed by atoms with E-state index in [0.717, 1.165) is 12.8 Å². The van der Waals surface area contributed by atoms with Crippen LogP contribution in [-0.4, -0.2) is 35.8 Å². The monoisotopic (exact) mass is 336 g/mol. The summed E-state index contributed by atoms with van der Waals surface area (Å²) in [5, 5.41) is 3.60. The molecule has 1 aliphatic rings. The molecule has 1 fully saturated rings. The summed E-state index contributed by atoms with van der Waals surface area (Å²) in [6.45, 7) is 4.13. The van der Waals surface area contributed by atoms with Crippen molar-refractivity contribution in [2.75, 3.05) is 12.9 Å². The summed E-state index contributed by atoms with van der Waals surface area (Å²) in [5.74, 6) is 0.308. The van der Waals surface area contributed by atoms with Crippen LogP contribution < -0.4 is 5.32 Å². The lowest BCUT2D eigenvalue weighted by atomic mass is 9.78. The molecule has 1 aliphatic carbocycles. The highest BCUT2D eigenvalue weighted by Gasteiger charge is 2.28. The zero-order valence-electron chi connectivity index (χ0n) is 13.9. The van der Waals surface area contributed by atoms with Crippen molar-refractivity contribution in [1.82, 2.24) is 10.3 Å². The number of hydrogen-bond donors (Lipinski definition) is 1. The maximum Gasteiger partial charge on any atom is 0.341 e. The number of nitrogens with one attached hydrogen (secondary N) is 1. The maximum absolute atomic E-state index is 12.1. The zero-order chi connectivity index (χ0) is 16.8. The van der Waals surface area contributed by atoms with Gasteiger partial charge in [-0.1, -0.05) is 26.7 Å². The third-order valence-electron chi connectivity index (χ3n) is 4.57. The summed E-state index contributed by atoms with van der Waals surface area (Å²) in [7, 11) is 0. The highest BCUT2D eigenvalue weighted by Crippen LogP contribution is 2.29. The second kappa shape index (κ2) is 8.34. The van der Waals surface area contributed by atoms with Crippen LogP contribution in [0, 0.1) is 11.8 Å². The molecule has 0 radical (unpaired) electrons. The summed E-state index contributed by atoms with van der Waals surface area (Å²) in [6, 6.07) is 3.51. The van der Waals surface area contributed by atoms with Gasteiger partial charge >= 0.3 is 5.97 Å². The van der Waals surface area contributed by atoms with Crippen LogP contribution >= 0.6 is 11.8 Å². The fourth-order valence-corrected chi connectivity index (χ4v) is 3.49. The molecule has 0 spiro atoms. The molecule has 23 heavy (non-hydrogen) atoms. The standard InChI is InChI=1S/C17H24N2O3S/c1-11-6-4-8-14(12(11)2)19-15(20)10-22-17(21)13-7-5-9-18-16(13)23-3/h5,7,9,11-12,14H,4,6,8,10H2,1-3H3,(H,19,20)/t11-,12-,14-/m1/s1. The Balaban J connectivity index is 1.85. The van der Waals surface area contributed by atoms with E-state index in [1.54, 1.807) is 18.3 Å². The van der Waals surface area contributed by atoms with E-state index in [1.165, 1.54) is 18.2 Å². The molecule has 126 valence electrons. The molecule has 2 rings (SSSR count). The van der Waals surface area contributed by atoms with Crippen molar-refractivity contribution in [3.63, 3.8) is 0 Å². The Bertz CT molecular complexity index is 565. The highest BCUT2D eigenvalue weighted by molar-refractivity contribution is 7.98. The van der Waals surface area contributed by atoms with Crippen molar-refractivity contribution in [2.45, 2.75) is 44.2 Å². The Morgan fingerprint density at radius 2 is 2.17 bits per heavy atom. The van der Waals surface area contributed by atoms with Crippen LogP contribution in [0.1, 0.15) is 43.5 Å². The molecule has 5 nitrogen and oxygen atoms in total. The van der Waals surface area contributed by atoms with E-state index in [-0.39, 0.29) is 18.6 Å². The van der Waals surface area contributed by atoms with E-state index in [9.17, 15) is 9.59 Å². The van der Waals surface area contributed by atoms with Crippen LogP contribution in [0.2, 0.25) is 0 Å². The van der Waals surface area contributed by atoms with Crippen LogP contribution in [0.15, 0.2) is 23.4 Å². The molecule has 1 aromatic rings. The third kappa shape index (κ3) is 4.70. The Morgan fingerprint density at radius 3 is 2.91 bits per heavy atom. The number of amides is 1. The number of ether oxygens (including phenoxy) is 1. The molecule has 3 atom stereocenters. The van der Waals surface area contributed by atoms with Gasteiger partial charge in [0.1, 0.15) is 5.03 Å². The molecule has 1 heterocycles. The van der Waals surface area contributed by atoms with Gasteiger partial charge < -0.3 is 10.1 Å². The lowest BCUT2D eigenvalue weighted by Gasteiger charge is -2.34. The van der Waals surface area contributed by atoms with E-state index in [4.69, 9.17) is 4.74 Å². The van der Waals surface area contributed by atoms with Gasteiger partial charge in [-0.05, 0) is 36.6 Å². The number of esters is 1. The summed E-state index contributed by atoms with van der Waals surface area (Å²) >= 11 is 1.37. The number of pyridine rings is 1. The number of nitrogens with zero attached hydrogens (tertiary/aromatic N) is 1. The number of carbonyl (C=O) groups is 2. The summed E-state index contributed by atoms with van der Waals surface area (Å²) < 4.78 is 5.13. The first-order valence-electron chi connectivity index (χ1n) is 7.98. The molecule has 1 aromatic heterocycles.